The van der Waals surface area contributed by atoms with Crippen molar-refractivity contribution in [3.63, 3.8) is 0 Å². The maximum Gasteiger partial charge on any atom is 0.118 e. The number of nitrogens with zero attached hydrogens (tertiary/aromatic N) is 1. The van der Waals surface area contributed by atoms with E-state index in [4.69, 9.17) is 4.74 Å². The molecule has 1 fully saturated rings. The van der Waals surface area contributed by atoms with Gasteiger partial charge in [-0.25, -0.2) is 0 Å². The number of hydrogen-bond acceptors (Lipinski definition) is 2. The summed E-state index contributed by atoms with van der Waals surface area (Å²) >= 11 is 0. The van der Waals surface area contributed by atoms with Crippen LogP contribution in [0.4, 0.5) is 0 Å². The SMILES string of the molecule is COc1ccc([C@H]2C[C@H]3c4ccccc4[C@@H]2C[C@@H]3CN(C)Cc2ccccc2)cc1. The minimum absolute atomic E-state index is 0.617. The van der Waals surface area contributed by atoms with Gasteiger partial charge < -0.3 is 9.64 Å². The van der Waals surface area contributed by atoms with Crippen molar-refractivity contribution in [3.8, 4) is 5.75 Å². The molecule has 3 aromatic rings. The number of rotatable bonds is 6. The van der Waals surface area contributed by atoms with Crippen molar-refractivity contribution >= 4 is 0 Å². The minimum Gasteiger partial charge on any atom is -0.497 e. The van der Waals surface area contributed by atoms with Gasteiger partial charge in [-0.15, -0.1) is 0 Å². The summed E-state index contributed by atoms with van der Waals surface area (Å²) in [5.74, 6) is 3.56. The molecule has 6 rings (SSSR count). The molecule has 2 bridgehead atoms. The van der Waals surface area contributed by atoms with Gasteiger partial charge in [0.2, 0.25) is 0 Å². The number of benzene rings is 3. The highest BCUT2D eigenvalue weighted by Crippen LogP contribution is 2.58. The van der Waals surface area contributed by atoms with Gasteiger partial charge in [0.15, 0.2) is 0 Å². The number of methoxy groups -OCH3 is 1. The third-order valence-corrected chi connectivity index (χ3v) is 7.30. The van der Waals surface area contributed by atoms with Crippen LogP contribution < -0.4 is 4.74 Å². The Hall–Kier alpha value is -2.58. The second-order valence-electron chi connectivity index (χ2n) is 9.14. The molecule has 1 saturated carbocycles. The van der Waals surface area contributed by atoms with E-state index in [1.165, 1.54) is 30.5 Å². The molecule has 0 amide bonds. The third kappa shape index (κ3) is 3.65. The fraction of sp³-hybridized carbons (Fsp3) is 0.357. The fourth-order valence-electron chi connectivity index (χ4n) is 5.98. The Morgan fingerprint density at radius 2 is 1.43 bits per heavy atom. The normalized spacial score (nSPS) is 24.6. The van der Waals surface area contributed by atoms with Gasteiger partial charge >= 0.3 is 0 Å². The standard InChI is InChI=1S/C28H31NO/c1-29(18-20-8-4-3-5-9-20)19-22-16-28-25-11-7-6-10-24(25)27(22)17-26(28)21-12-14-23(30-2)15-13-21/h3-15,22,26-28H,16-19H2,1-2H3/t22-,26-,27-,28+/m1/s1. The first-order valence-corrected chi connectivity index (χ1v) is 11.2. The van der Waals surface area contributed by atoms with Crippen LogP contribution in [0.3, 0.4) is 0 Å². The van der Waals surface area contributed by atoms with Crippen LogP contribution in [0.5, 0.6) is 5.75 Å². The summed E-state index contributed by atoms with van der Waals surface area (Å²) in [6.07, 6.45) is 2.55. The summed E-state index contributed by atoms with van der Waals surface area (Å²) in [6, 6.07) is 28.9. The summed E-state index contributed by atoms with van der Waals surface area (Å²) in [5, 5.41) is 0. The van der Waals surface area contributed by atoms with E-state index in [0.29, 0.717) is 17.8 Å². The first-order valence-electron chi connectivity index (χ1n) is 11.2. The smallest absolute Gasteiger partial charge is 0.118 e. The maximum absolute atomic E-state index is 5.38. The van der Waals surface area contributed by atoms with Crippen LogP contribution in [0, 0.1) is 5.92 Å². The largest absolute Gasteiger partial charge is 0.497 e. The highest BCUT2D eigenvalue weighted by atomic mass is 16.5. The lowest BCUT2D eigenvalue weighted by molar-refractivity contribution is 0.162. The van der Waals surface area contributed by atoms with Crippen molar-refractivity contribution in [1.29, 1.82) is 0 Å². The van der Waals surface area contributed by atoms with E-state index in [-0.39, 0.29) is 0 Å². The van der Waals surface area contributed by atoms with E-state index in [2.05, 4.69) is 90.8 Å². The molecule has 0 radical (unpaired) electrons. The third-order valence-electron chi connectivity index (χ3n) is 7.30. The van der Waals surface area contributed by atoms with Gasteiger partial charge in [0.25, 0.3) is 0 Å². The van der Waals surface area contributed by atoms with Gasteiger partial charge in [-0.3, -0.25) is 0 Å². The van der Waals surface area contributed by atoms with Crippen molar-refractivity contribution in [3.05, 3.63) is 101 Å². The first kappa shape index (κ1) is 19.4. The Bertz CT molecular complexity index is 981. The molecule has 3 aliphatic carbocycles. The lowest BCUT2D eigenvalue weighted by Gasteiger charge is -2.49. The molecule has 154 valence electrons. The van der Waals surface area contributed by atoms with Crippen LogP contribution in [0.2, 0.25) is 0 Å². The van der Waals surface area contributed by atoms with E-state index in [0.717, 1.165) is 18.2 Å². The molecule has 3 aliphatic rings. The molecule has 0 saturated heterocycles. The zero-order chi connectivity index (χ0) is 20.5. The lowest BCUT2D eigenvalue weighted by Crippen LogP contribution is -2.39. The fourth-order valence-corrected chi connectivity index (χ4v) is 5.98. The van der Waals surface area contributed by atoms with Gasteiger partial charge in [0.1, 0.15) is 5.75 Å². The van der Waals surface area contributed by atoms with Gasteiger partial charge in [-0.1, -0.05) is 66.7 Å². The van der Waals surface area contributed by atoms with E-state index >= 15 is 0 Å². The van der Waals surface area contributed by atoms with Crippen molar-refractivity contribution in [2.75, 3.05) is 20.7 Å². The van der Waals surface area contributed by atoms with Gasteiger partial charge in [-0.2, -0.15) is 0 Å². The molecule has 0 spiro atoms. The highest BCUT2D eigenvalue weighted by Gasteiger charge is 2.45. The van der Waals surface area contributed by atoms with E-state index in [1.54, 1.807) is 18.2 Å². The van der Waals surface area contributed by atoms with Gasteiger partial charge in [-0.05, 0) is 77.9 Å². The van der Waals surface area contributed by atoms with Crippen LogP contribution in [-0.4, -0.2) is 25.6 Å². The monoisotopic (exact) mass is 397 g/mol. The maximum atomic E-state index is 5.38. The molecule has 3 aromatic carbocycles. The molecule has 2 heteroatoms. The van der Waals surface area contributed by atoms with E-state index < -0.39 is 0 Å². The van der Waals surface area contributed by atoms with Crippen LogP contribution >= 0.6 is 0 Å². The highest BCUT2D eigenvalue weighted by molar-refractivity contribution is 5.44. The summed E-state index contributed by atoms with van der Waals surface area (Å²) in [6.45, 7) is 2.19. The van der Waals surface area contributed by atoms with Crippen molar-refractivity contribution in [2.45, 2.75) is 37.1 Å². The van der Waals surface area contributed by atoms with Crippen molar-refractivity contribution in [1.82, 2.24) is 4.90 Å². The van der Waals surface area contributed by atoms with Crippen LogP contribution in [0.15, 0.2) is 78.9 Å². The predicted molar refractivity (Wildman–Crippen MR) is 123 cm³/mol. The topological polar surface area (TPSA) is 12.5 Å². The number of ether oxygens (including phenoxy) is 1. The van der Waals surface area contributed by atoms with E-state index in [9.17, 15) is 0 Å². The average Bonchev–Trinajstić information content (AvgIpc) is 2.80. The summed E-state index contributed by atoms with van der Waals surface area (Å²) < 4.78 is 5.38. The van der Waals surface area contributed by atoms with Crippen molar-refractivity contribution < 1.29 is 4.74 Å². The lowest BCUT2D eigenvalue weighted by atomic mass is 9.56. The molecule has 0 N–H and O–H groups in total. The quantitative estimate of drug-likeness (QED) is 0.491. The Balaban J connectivity index is 1.37. The zero-order valence-electron chi connectivity index (χ0n) is 18.0. The average molecular weight is 398 g/mol. The Morgan fingerprint density at radius 3 is 2.13 bits per heavy atom. The Labute approximate surface area is 180 Å². The molecule has 2 nitrogen and oxygen atoms in total. The number of fused-ring (bicyclic) bond motifs is 2. The molecular weight excluding hydrogens is 366 g/mol. The molecule has 0 unspecified atom stereocenters. The van der Waals surface area contributed by atoms with E-state index in [1.807, 2.05) is 0 Å². The second kappa shape index (κ2) is 8.28. The van der Waals surface area contributed by atoms with Crippen molar-refractivity contribution in [2.24, 2.45) is 5.92 Å². The van der Waals surface area contributed by atoms with Crippen LogP contribution in [-0.2, 0) is 6.54 Å². The number of hydrogen-bond donors (Lipinski definition) is 0. The van der Waals surface area contributed by atoms with Gasteiger partial charge in [0, 0.05) is 13.1 Å². The summed E-state index contributed by atoms with van der Waals surface area (Å²) in [5.41, 5.74) is 6.07. The molecule has 0 heterocycles. The van der Waals surface area contributed by atoms with Gasteiger partial charge in [0.05, 0.1) is 7.11 Å². The first-order chi connectivity index (χ1) is 14.7. The predicted octanol–water partition coefficient (Wildman–Crippen LogP) is 6.20. The minimum atomic E-state index is 0.617. The molecule has 0 aliphatic heterocycles. The molecular formula is C28H31NO. The second-order valence-corrected chi connectivity index (χ2v) is 9.14. The van der Waals surface area contributed by atoms with Crippen LogP contribution in [0.1, 0.15) is 52.8 Å². The summed E-state index contributed by atoms with van der Waals surface area (Å²) in [4.78, 5) is 2.52. The zero-order valence-corrected chi connectivity index (χ0v) is 18.0. The molecule has 4 atom stereocenters. The summed E-state index contributed by atoms with van der Waals surface area (Å²) in [7, 11) is 4.02. The van der Waals surface area contributed by atoms with Crippen LogP contribution in [0.25, 0.3) is 0 Å². The Kier molecular flexibility index (Phi) is 5.35. The Morgan fingerprint density at radius 1 is 0.767 bits per heavy atom. The molecule has 0 aromatic heterocycles. The molecule has 30 heavy (non-hydrogen) atoms.